The number of benzene rings is 1. The minimum absolute atomic E-state index is 0.00186. The zero-order valence-corrected chi connectivity index (χ0v) is 11.8. The molecular formula is C16H14N2O4. The number of ketones is 1. The maximum Gasteiger partial charge on any atom is 0.406 e. The highest BCUT2D eigenvalue weighted by Crippen LogP contribution is 2.25. The van der Waals surface area contributed by atoms with Gasteiger partial charge in [0.05, 0.1) is 0 Å². The number of nitrogens with zero attached hydrogens (tertiary/aromatic N) is 2. The summed E-state index contributed by atoms with van der Waals surface area (Å²) in [6.45, 7) is -0.245. The third-order valence-electron chi connectivity index (χ3n) is 3.70. The minimum atomic E-state index is -0.630. The zero-order valence-electron chi connectivity index (χ0n) is 11.8. The molecule has 2 aromatic rings. The number of aryl methyl sites for hydroxylation is 2. The predicted molar refractivity (Wildman–Crippen MR) is 79.2 cm³/mol. The largest absolute Gasteiger partial charge is 0.477 e. The van der Waals surface area contributed by atoms with Gasteiger partial charge in [-0.3, -0.25) is 4.79 Å². The van der Waals surface area contributed by atoms with Gasteiger partial charge in [0.1, 0.15) is 6.20 Å². The van der Waals surface area contributed by atoms with E-state index in [-0.39, 0.29) is 24.0 Å². The van der Waals surface area contributed by atoms with Crippen molar-refractivity contribution < 1.29 is 14.5 Å². The molecule has 0 saturated carbocycles. The summed E-state index contributed by atoms with van der Waals surface area (Å²) in [5, 5.41) is 10.8. The summed E-state index contributed by atoms with van der Waals surface area (Å²) < 4.78 is 5.28. The van der Waals surface area contributed by atoms with Crippen LogP contribution in [0.3, 0.4) is 0 Å². The molecular weight excluding hydrogens is 284 g/mol. The SMILES string of the molecule is O=C(COc1cccnc1[N+](=O)[O-])c1ccc2c(c1)CCC2. The summed E-state index contributed by atoms with van der Waals surface area (Å²) in [5.41, 5.74) is 3.07. The van der Waals surface area contributed by atoms with E-state index in [9.17, 15) is 14.9 Å². The molecule has 3 rings (SSSR count). The van der Waals surface area contributed by atoms with Crippen LogP contribution in [0.25, 0.3) is 0 Å². The molecule has 0 spiro atoms. The first kappa shape index (κ1) is 14.2. The number of ether oxygens (including phenoxy) is 1. The van der Waals surface area contributed by atoms with Crippen LogP contribution in [0.2, 0.25) is 0 Å². The molecule has 1 heterocycles. The monoisotopic (exact) mass is 298 g/mol. The first-order chi connectivity index (χ1) is 10.6. The van der Waals surface area contributed by atoms with Gasteiger partial charge in [-0.05, 0) is 58.5 Å². The van der Waals surface area contributed by atoms with E-state index < -0.39 is 4.92 Å². The number of pyridine rings is 1. The molecule has 112 valence electrons. The lowest BCUT2D eigenvalue weighted by Crippen LogP contribution is -2.13. The average Bonchev–Trinajstić information content (AvgIpc) is 3.00. The number of hydrogen-bond donors (Lipinski definition) is 0. The molecule has 0 atom stereocenters. The second-order valence-corrected chi connectivity index (χ2v) is 5.13. The Labute approximate surface area is 126 Å². The number of rotatable bonds is 5. The quantitative estimate of drug-likeness (QED) is 0.481. The van der Waals surface area contributed by atoms with Crippen molar-refractivity contribution in [3.05, 3.63) is 63.3 Å². The maximum atomic E-state index is 12.2. The number of hydrogen-bond acceptors (Lipinski definition) is 5. The summed E-state index contributed by atoms with van der Waals surface area (Å²) in [7, 11) is 0. The van der Waals surface area contributed by atoms with Gasteiger partial charge < -0.3 is 14.9 Å². The van der Waals surface area contributed by atoms with Crippen LogP contribution in [0, 0.1) is 10.1 Å². The van der Waals surface area contributed by atoms with Crippen LogP contribution in [-0.4, -0.2) is 22.3 Å². The van der Waals surface area contributed by atoms with Crippen molar-refractivity contribution in [3.63, 3.8) is 0 Å². The number of carbonyl (C=O) groups is 1. The van der Waals surface area contributed by atoms with Crippen LogP contribution in [0.1, 0.15) is 27.9 Å². The molecule has 1 aliphatic carbocycles. The van der Waals surface area contributed by atoms with Crippen molar-refractivity contribution in [2.24, 2.45) is 0 Å². The molecule has 1 aromatic heterocycles. The van der Waals surface area contributed by atoms with Gasteiger partial charge in [0.15, 0.2) is 12.4 Å². The summed E-state index contributed by atoms with van der Waals surface area (Å²) >= 11 is 0. The Morgan fingerprint density at radius 3 is 2.91 bits per heavy atom. The smallest absolute Gasteiger partial charge is 0.406 e. The van der Waals surface area contributed by atoms with Gasteiger partial charge in [-0.25, -0.2) is 0 Å². The molecule has 6 nitrogen and oxygen atoms in total. The van der Waals surface area contributed by atoms with Gasteiger partial charge in [-0.2, -0.15) is 0 Å². The Kier molecular flexibility index (Phi) is 3.82. The number of nitro groups is 1. The van der Waals surface area contributed by atoms with E-state index in [4.69, 9.17) is 4.74 Å². The van der Waals surface area contributed by atoms with E-state index in [1.165, 1.54) is 29.5 Å². The molecule has 0 N–H and O–H groups in total. The summed E-state index contributed by atoms with van der Waals surface area (Å²) in [6.07, 6.45) is 4.48. The van der Waals surface area contributed by atoms with Crippen LogP contribution in [0.4, 0.5) is 5.82 Å². The fraction of sp³-hybridized carbons (Fsp3) is 0.250. The van der Waals surface area contributed by atoms with Gasteiger partial charge in [-0.1, -0.05) is 12.1 Å². The summed E-state index contributed by atoms with van der Waals surface area (Å²) in [5.74, 6) is -0.584. The zero-order chi connectivity index (χ0) is 15.5. The second-order valence-electron chi connectivity index (χ2n) is 5.13. The maximum absolute atomic E-state index is 12.2. The lowest BCUT2D eigenvalue weighted by molar-refractivity contribution is -0.390. The summed E-state index contributed by atoms with van der Waals surface area (Å²) in [6, 6.07) is 8.62. The van der Waals surface area contributed by atoms with Crippen molar-refractivity contribution in [3.8, 4) is 5.75 Å². The van der Waals surface area contributed by atoms with Crippen molar-refractivity contribution in [1.82, 2.24) is 4.98 Å². The molecule has 1 aromatic carbocycles. The van der Waals surface area contributed by atoms with Crippen LogP contribution < -0.4 is 4.74 Å². The topological polar surface area (TPSA) is 82.3 Å². The van der Waals surface area contributed by atoms with Crippen molar-refractivity contribution >= 4 is 11.6 Å². The Balaban J connectivity index is 1.72. The summed E-state index contributed by atoms with van der Waals surface area (Å²) in [4.78, 5) is 26.0. The van der Waals surface area contributed by atoms with Crippen molar-refractivity contribution in [1.29, 1.82) is 0 Å². The number of Topliss-reactive ketones (excluding diaryl/α,β-unsaturated/α-hetero) is 1. The van der Waals surface area contributed by atoms with E-state index in [1.807, 2.05) is 12.1 Å². The van der Waals surface area contributed by atoms with E-state index in [0.29, 0.717) is 5.56 Å². The highest BCUT2D eigenvalue weighted by atomic mass is 16.6. The molecule has 0 amide bonds. The highest BCUT2D eigenvalue weighted by molar-refractivity contribution is 5.97. The number of fused-ring (bicyclic) bond motifs is 1. The van der Waals surface area contributed by atoms with E-state index >= 15 is 0 Å². The fourth-order valence-electron chi connectivity index (χ4n) is 2.60. The first-order valence-corrected chi connectivity index (χ1v) is 7.02. The molecule has 0 bridgehead atoms. The minimum Gasteiger partial charge on any atom is -0.477 e. The normalized spacial score (nSPS) is 12.7. The Bertz CT molecular complexity index is 743. The van der Waals surface area contributed by atoms with Gasteiger partial charge in [-0.15, -0.1) is 0 Å². The van der Waals surface area contributed by atoms with E-state index in [0.717, 1.165) is 19.3 Å². The Hall–Kier alpha value is -2.76. The molecule has 0 saturated heterocycles. The second kappa shape index (κ2) is 5.93. The Morgan fingerprint density at radius 1 is 1.27 bits per heavy atom. The van der Waals surface area contributed by atoms with Crippen LogP contribution in [0.5, 0.6) is 5.75 Å². The standard InChI is InChI=1S/C16H14N2O4/c19-14(13-7-6-11-3-1-4-12(11)9-13)10-22-15-5-2-8-17-16(15)18(20)21/h2,5-9H,1,3-4,10H2. The predicted octanol–water partition coefficient (Wildman–Crippen LogP) is 2.74. The Morgan fingerprint density at radius 2 is 2.09 bits per heavy atom. The van der Waals surface area contributed by atoms with Gasteiger partial charge in [0.2, 0.25) is 5.75 Å². The van der Waals surface area contributed by atoms with Crippen molar-refractivity contribution in [2.75, 3.05) is 6.61 Å². The lowest BCUT2D eigenvalue weighted by atomic mass is 10.0. The van der Waals surface area contributed by atoms with Crippen LogP contribution in [-0.2, 0) is 12.8 Å². The highest BCUT2D eigenvalue weighted by Gasteiger charge is 2.18. The van der Waals surface area contributed by atoms with Crippen molar-refractivity contribution in [2.45, 2.75) is 19.3 Å². The number of aromatic nitrogens is 1. The molecule has 1 aliphatic rings. The molecule has 0 fully saturated rings. The third-order valence-corrected chi connectivity index (χ3v) is 3.70. The average molecular weight is 298 g/mol. The fourth-order valence-corrected chi connectivity index (χ4v) is 2.60. The lowest BCUT2D eigenvalue weighted by Gasteiger charge is -2.07. The molecule has 0 aliphatic heterocycles. The van der Waals surface area contributed by atoms with Crippen LogP contribution >= 0.6 is 0 Å². The number of carbonyl (C=O) groups excluding carboxylic acids is 1. The molecule has 6 heteroatoms. The molecule has 0 unspecified atom stereocenters. The molecule has 22 heavy (non-hydrogen) atoms. The van der Waals surface area contributed by atoms with Gasteiger partial charge in [0.25, 0.3) is 0 Å². The third kappa shape index (κ3) is 2.81. The van der Waals surface area contributed by atoms with Gasteiger partial charge in [0, 0.05) is 5.56 Å². The first-order valence-electron chi connectivity index (χ1n) is 7.02. The molecule has 0 radical (unpaired) electrons. The van der Waals surface area contributed by atoms with E-state index in [2.05, 4.69) is 4.98 Å². The van der Waals surface area contributed by atoms with Gasteiger partial charge >= 0.3 is 5.82 Å². The van der Waals surface area contributed by atoms with Crippen LogP contribution in [0.15, 0.2) is 36.5 Å². The van der Waals surface area contributed by atoms with E-state index in [1.54, 1.807) is 6.07 Å².